The van der Waals surface area contributed by atoms with Crippen molar-refractivity contribution in [3.8, 4) is 10.6 Å². The smallest absolute Gasteiger partial charge is 0.225 e. The van der Waals surface area contributed by atoms with Crippen LogP contribution in [0.1, 0.15) is 16.0 Å². The van der Waals surface area contributed by atoms with Gasteiger partial charge in [0.1, 0.15) is 10.8 Å². The number of amides is 1. The van der Waals surface area contributed by atoms with Crippen molar-refractivity contribution in [2.45, 2.75) is 25.3 Å². The second-order valence-electron chi connectivity index (χ2n) is 6.23. The second-order valence-corrected chi connectivity index (χ2v) is 7.34. The molecule has 0 saturated carbocycles. The van der Waals surface area contributed by atoms with Crippen molar-refractivity contribution in [3.63, 3.8) is 0 Å². The van der Waals surface area contributed by atoms with Crippen molar-refractivity contribution in [3.05, 3.63) is 76.5 Å². The number of rotatable bonds is 4. The molecule has 1 aliphatic carbocycles. The third kappa shape index (κ3) is 3.46. The van der Waals surface area contributed by atoms with Gasteiger partial charge in [0.15, 0.2) is 0 Å². The van der Waals surface area contributed by atoms with Crippen molar-refractivity contribution in [1.82, 2.24) is 10.3 Å². The number of carbonyl (C=O) groups excluding carboxylic acids is 1. The number of carbonyl (C=O) groups is 1. The van der Waals surface area contributed by atoms with E-state index < -0.39 is 0 Å². The van der Waals surface area contributed by atoms with Gasteiger partial charge in [-0.2, -0.15) is 0 Å². The molecule has 1 aliphatic rings. The predicted molar refractivity (Wildman–Crippen MR) is 97.0 cm³/mol. The second kappa shape index (κ2) is 6.76. The molecule has 0 atom stereocenters. The van der Waals surface area contributed by atoms with E-state index in [2.05, 4.69) is 22.4 Å². The average Bonchev–Trinajstić information content (AvgIpc) is 3.21. The molecule has 5 heteroatoms. The lowest BCUT2D eigenvalue weighted by molar-refractivity contribution is -0.121. The van der Waals surface area contributed by atoms with E-state index in [1.165, 1.54) is 28.5 Å². The van der Waals surface area contributed by atoms with E-state index in [9.17, 15) is 9.18 Å². The molecule has 4 rings (SSSR count). The molecule has 0 bridgehead atoms. The summed E-state index contributed by atoms with van der Waals surface area (Å²) in [5.74, 6) is -0.307. The Bertz CT molecular complexity index is 896. The molecule has 0 fully saturated rings. The van der Waals surface area contributed by atoms with Gasteiger partial charge in [-0.3, -0.25) is 4.79 Å². The van der Waals surface area contributed by atoms with Crippen LogP contribution in [-0.2, 0) is 24.1 Å². The maximum atomic E-state index is 13.8. The molecular weight excluding hydrogens is 335 g/mol. The van der Waals surface area contributed by atoms with Gasteiger partial charge in [0.05, 0.1) is 6.42 Å². The first-order valence-corrected chi connectivity index (χ1v) is 9.06. The monoisotopic (exact) mass is 352 g/mol. The zero-order valence-electron chi connectivity index (χ0n) is 13.5. The lowest BCUT2D eigenvalue weighted by Crippen LogP contribution is -2.36. The van der Waals surface area contributed by atoms with Gasteiger partial charge < -0.3 is 5.32 Å². The molecule has 1 amide bonds. The van der Waals surface area contributed by atoms with Gasteiger partial charge in [-0.25, -0.2) is 9.37 Å². The topological polar surface area (TPSA) is 42.0 Å². The number of hydrogen-bond acceptors (Lipinski definition) is 3. The first-order chi connectivity index (χ1) is 12.2. The number of thiazole rings is 1. The third-order valence-electron chi connectivity index (χ3n) is 4.41. The molecule has 126 valence electrons. The van der Waals surface area contributed by atoms with Crippen LogP contribution in [0.2, 0.25) is 0 Å². The Labute approximate surface area is 149 Å². The van der Waals surface area contributed by atoms with Crippen LogP contribution in [0.4, 0.5) is 4.39 Å². The van der Waals surface area contributed by atoms with E-state index in [-0.39, 0.29) is 24.2 Å². The quantitative estimate of drug-likeness (QED) is 0.776. The maximum Gasteiger partial charge on any atom is 0.225 e. The summed E-state index contributed by atoms with van der Waals surface area (Å²) >= 11 is 1.36. The van der Waals surface area contributed by atoms with Crippen LogP contribution in [0.15, 0.2) is 54.7 Å². The van der Waals surface area contributed by atoms with E-state index in [0.29, 0.717) is 10.6 Å². The lowest BCUT2D eigenvalue weighted by atomic mass is 10.1. The van der Waals surface area contributed by atoms with Gasteiger partial charge in [-0.1, -0.05) is 36.4 Å². The molecule has 1 N–H and O–H groups in total. The fourth-order valence-electron chi connectivity index (χ4n) is 3.25. The summed E-state index contributed by atoms with van der Waals surface area (Å²) in [4.78, 5) is 17.4. The van der Waals surface area contributed by atoms with Crippen molar-refractivity contribution < 1.29 is 9.18 Å². The van der Waals surface area contributed by atoms with Gasteiger partial charge in [-0.15, -0.1) is 11.3 Å². The molecule has 1 aromatic heterocycles. The van der Waals surface area contributed by atoms with E-state index in [1.54, 1.807) is 24.4 Å². The van der Waals surface area contributed by atoms with E-state index in [0.717, 1.165) is 17.7 Å². The van der Waals surface area contributed by atoms with E-state index in [1.807, 2.05) is 12.1 Å². The van der Waals surface area contributed by atoms with Crippen LogP contribution in [0.5, 0.6) is 0 Å². The van der Waals surface area contributed by atoms with Crippen molar-refractivity contribution in [2.75, 3.05) is 0 Å². The molecule has 1 heterocycles. The first-order valence-electron chi connectivity index (χ1n) is 8.25. The average molecular weight is 352 g/mol. The highest BCUT2D eigenvalue weighted by Crippen LogP contribution is 2.27. The Kier molecular flexibility index (Phi) is 4.32. The number of fused-ring (bicyclic) bond motifs is 1. The Morgan fingerprint density at radius 1 is 1.12 bits per heavy atom. The molecule has 0 radical (unpaired) electrons. The molecule has 25 heavy (non-hydrogen) atoms. The fraction of sp³-hybridized carbons (Fsp3) is 0.200. The Morgan fingerprint density at radius 2 is 1.80 bits per heavy atom. The van der Waals surface area contributed by atoms with Crippen LogP contribution in [0, 0.1) is 5.82 Å². The number of hydrogen-bond donors (Lipinski definition) is 1. The van der Waals surface area contributed by atoms with Gasteiger partial charge in [0, 0.05) is 22.7 Å². The fourth-order valence-corrected chi connectivity index (χ4v) is 4.18. The van der Waals surface area contributed by atoms with Crippen LogP contribution >= 0.6 is 11.3 Å². The number of halogens is 1. The molecule has 0 spiro atoms. The number of nitrogens with one attached hydrogen (secondary N) is 1. The lowest BCUT2D eigenvalue weighted by Gasteiger charge is -2.11. The zero-order valence-corrected chi connectivity index (χ0v) is 14.4. The standard InChI is InChI=1S/C20H17FN2OS/c21-18-8-4-3-7-17(18)20-22-12-16(25-20)11-19(24)23-15-9-13-5-1-2-6-14(13)10-15/h1-8,12,15H,9-11H2,(H,23,24). The van der Waals surface area contributed by atoms with Gasteiger partial charge in [0.25, 0.3) is 0 Å². The summed E-state index contributed by atoms with van der Waals surface area (Å²) < 4.78 is 13.8. The Balaban J connectivity index is 1.39. The van der Waals surface area contributed by atoms with Gasteiger partial charge in [0.2, 0.25) is 5.91 Å². The summed E-state index contributed by atoms with van der Waals surface area (Å²) in [5, 5.41) is 3.71. The minimum atomic E-state index is -0.295. The van der Waals surface area contributed by atoms with Crippen LogP contribution in [0.25, 0.3) is 10.6 Å². The molecule has 0 saturated heterocycles. The highest BCUT2D eigenvalue weighted by atomic mass is 32.1. The number of aromatic nitrogens is 1. The molecule has 2 aromatic carbocycles. The van der Waals surface area contributed by atoms with Gasteiger partial charge >= 0.3 is 0 Å². The predicted octanol–water partition coefficient (Wildman–Crippen LogP) is 3.78. The first kappa shape index (κ1) is 16.0. The minimum Gasteiger partial charge on any atom is -0.352 e. The zero-order chi connectivity index (χ0) is 17.2. The molecule has 3 aromatic rings. The Hall–Kier alpha value is -2.53. The molecule has 3 nitrogen and oxygen atoms in total. The van der Waals surface area contributed by atoms with Crippen molar-refractivity contribution in [1.29, 1.82) is 0 Å². The summed E-state index contributed by atoms with van der Waals surface area (Å²) in [5.41, 5.74) is 3.10. The molecular formula is C20H17FN2OS. The minimum absolute atomic E-state index is 0.0125. The largest absolute Gasteiger partial charge is 0.352 e. The van der Waals surface area contributed by atoms with Crippen LogP contribution < -0.4 is 5.32 Å². The number of benzene rings is 2. The normalized spacial score (nSPS) is 13.6. The highest BCUT2D eigenvalue weighted by molar-refractivity contribution is 7.15. The van der Waals surface area contributed by atoms with Crippen LogP contribution in [0.3, 0.4) is 0 Å². The summed E-state index contributed by atoms with van der Waals surface area (Å²) in [6.45, 7) is 0. The highest BCUT2D eigenvalue weighted by Gasteiger charge is 2.22. The van der Waals surface area contributed by atoms with E-state index in [4.69, 9.17) is 0 Å². The summed E-state index contributed by atoms with van der Waals surface area (Å²) in [6, 6.07) is 15.0. The van der Waals surface area contributed by atoms with Crippen LogP contribution in [-0.4, -0.2) is 16.9 Å². The summed E-state index contributed by atoms with van der Waals surface area (Å²) in [7, 11) is 0. The van der Waals surface area contributed by atoms with Gasteiger partial charge in [-0.05, 0) is 36.1 Å². The maximum absolute atomic E-state index is 13.8. The third-order valence-corrected chi connectivity index (χ3v) is 5.44. The van der Waals surface area contributed by atoms with Crippen molar-refractivity contribution in [2.24, 2.45) is 0 Å². The number of nitrogens with zero attached hydrogens (tertiary/aromatic N) is 1. The molecule has 0 unspecified atom stereocenters. The van der Waals surface area contributed by atoms with E-state index >= 15 is 0 Å². The summed E-state index contributed by atoms with van der Waals surface area (Å²) in [6.07, 6.45) is 3.70. The van der Waals surface area contributed by atoms with Crippen molar-refractivity contribution >= 4 is 17.2 Å². The molecule has 0 aliphatic heterocycles. The SMILES string of the molecule is O=C(Cc1cnc(-c2ccccc2F)s1)NC1Cc2ccccc2C1. The Morgan fingerprint density at radius 3 is 2.52 bits per heavy atom.